The van der Waals surface area contributed by atoms with Crippen LogP contribution in [0.15, 0.2) is 29.6 Å². The second-order valence-corrected chi connectivity index (χ2v) is 6.26. The normalized spacial score (nSPS) is 13.1. The summed E-state index contributed by atoms with van der Waals surface area (Å²) >= 11 is 1.39. The maximum Gasteiger partial charge on any atom is 0.416 e. The predicted octanol–water partition coefficient (Wildman–Crippen LogP) is 4.84. The molecule has 0 fully saturated rings. The van der Waals surface area contributed by atoms with Gasteiger partial charge in [0.15, 0.2) is 5.13 Å². The van der Waals surface area contributed by atoms with Crippen molar-refractivity contribution in [2.24, 2.45) is 0 Å². The van der Waals surface area contributed by atoms with E-state index in [-0.39, 0.29) is 0 Å². The summed E-state index contributed by atoms with van der Waals surface area (Å²) in [6, 6.07) is 5.45. The van der Waals surface area contributed by atoms with Crippen LogP contribution in [0.25, 0.3) is 0 Å². The van der Waals surface area contributed by atoms with Gasteiger partial charge in [0.1, 0.15) is 0 Å². The molecule has 2 aromatic rings. The summed E-state index contributed by atoms with van der Waals surface area (Å²) in [5.41, 5.74) is 0.648. The maximum absolute atomic E-state index is 12.7. The average molecular weight is 343 g/mol. The van der Waals surface area contributed by atoms with Crippen molar-refractivity contribution in [1.82, 2.24) is 10.3 Å². The van der Waals surface area contributed by atoms with E-state index in [1.807, 2.05) is 5.38 Å². The molecular formula is C16H20F3N3S. The van der Waals surface area contributed by atoms with Crippen LogP contribution in [0, 0.1) is 0 Å². The van der Waals surface area contributed by atoms with Crippen LogP contribution in [-0.2, 0) is 12.6 Å². The molecule has 0 bridgehead atoms. The molecule has 1 heterocycles. The molecule has 0 aliphatic heterocycles. The molecule has 7 heteroatoms. The zero-order valence-electron chi connectivity index (χ0n) is 13.1. The number of rotatable bonds is 7. The highest BCUT2D eigenvalue weighted by molar-refractivity contribution is 7.13. The highest BCUT2D eigenvalue weighted by atomic mass is 32.1. The van der Waals surface area contributed by atoms with Gasteiger partial charge in [0.2, 0.25) is 0 Å². The topological polar surface area (TPSA) is 37.0 Å². The molecule has 1 aromatic carbocycles. The molecule has 1 aromatic heterocycles. The van der Waals surface area contributed by atoms with Crippen molar-refractivity contribution in [2.45, 2.75) is 38.9 Å². The third-order valence-electron chi connectivity index (χ3n) is 3.25. The second kappa shape index (κ2) is 7.79. The molecule has 1 unspecified atom stereocenters. The Morgan fingerprint density at radius 1 is 1.30 bits per heavy atom. The van der Waals surface area contributed by atoms with Crippen LogP contribution in [0.5, 0.6) is 0 Å². The van der Waals surface area contributed by atoms with Gasteiger partial charge in [0.05, 0.1) is 11.3 Å². The first-order valence-corrected chi connectivity index (χ1v) is 8.38. The minimum Gasteiger partial charge on any atom is -0.332 e. The van der Waals surface area contributed by atoms with Gasteiger partial charge in [-0.1, -0.05) is 13.0 Å². The van der Waals surface area contributed by atoms with Crippen LogP contribution in [0.1, 0.15) is 31.5 Å². The molecule has 23 heavy (non-hydrogen) atoms. The molecule has 2 N–H and O–H groups in total. The van der Waals surface area contributed by atoms with Crippen molar-refractivity contribution in [2.75, 3.05) is 11.9 Å². The minimum absolute atomic E-state index is 0.318. The standard InChI is InChI=1S/C16H20F3N3S/c1-3-7-20-11(2)8-14-10-23-15(22-14)21-13-6-4-5-12(9-13)16(17,18)19/h4-6,9-11,20H,3,7-8H2,1-2H3,(H,21,22). The average Bonchev–Trinajstić information content (AvgIpc) is 2.91. The largest absolute Gasteiger partial charge is 0.416 e. The van der Waals surface area contributed by atoms with Gasteiger partial charge in [0.25, 0.3) is 0 Å². The number of hydrogen-bond donors (Lipinski definition) is 2. The van der Waals surface area contributed by atoms with Crippen LogP contribution in [0.3, 0.4) is 0 Å². The van der Waals surface area contributed by atoms with Crippen LogP contribution >= 0.6 is 11.3 Å². The van der Waals surface area contributed by atoms with Crippen molar-refractivity contribution >= 4 is 22.2 Å². The smallest absolute Gasteiger partial charge is 0.332 e. The van der Waals surface area contributed by atoms with E-state index in [0.717, 1.165) is 37.2 Å². The first-order valence-electron chi connectivity index (χ1n) is 7.50. The lowest BCUT2D eigenvalue weighted by Gasteiger charge is -2.11. The molecular weight excluding hydrogens is 323 g/mol. The summed E-state index contributed by atoms with van der Waals surface area (Å²) in [5.74, 6) is 0. The van der Waals surface area contributed by atoms with Gasteiger partial charge < -0.3 is 10.6 Å². The Hall–Kier alpha value is -1.60. The van der Waals surface area contributed by atoms with Crippen LogP contribution in [0.2, 0.25) is 0 Å². The van der Waals surface area contributed by atoms with Crippen molar-refractivity contribution in [3.05, 3.63) is 40.9 Å². The Morgan fingerprint density at radius 2 is 2.09 bits per heavy atom. The number of anilines is 2. The van der Waals surface area contributed by atoms with E-state index >= 15 is 0 Å². The van der Waals surface area contributed by atoms with Crippen molar-refractivity contribution in [1.29, 1.82) is 0 Å². The van der Waals surface area contributed by atoms with Gasteiger partial charge >= 0.3 is 6.18 Å². The Bertz CT molecular complexity index is 625. The van der Waals surface area contributed by atoms with E-state index in [0.29, 0.717) is 16.9 Å². The zero-order valence-corrected chi connectivity index (χ0v) is 13.9. The SMILES string of the molecule is CCCNC(C)Cc1csc(Nc2cccc(C(F)(F)F)c2)n1. The van der Waals surface area contributed by atoms with Crippen LogP contribution in [-0.4, -0.2) is 17.6 Å². The monoisotopic (exact) mass is 343 g/mol. The van der Waals surface area contributed by atoms with Gasteiger partial charge in [-0.2, -0.15) is 13.2 Å². The molecule has 126 valence electrons. The molecule has 0 aliphatic rings. The number of benzene rings is 1. The third-order valence-corrected chi connectivity index (χ3v) is 4.06. The minimum atomic E-state index is -4.34. The number of nitrogens with zero attached hydrogens (tertiary/aromatic N) is 1. The fourth-order valence-electron chi connectivity index (χ4n) is 2.13. The summed E-state index contributed by atoms with van der Waals surface area (Å²) < 4.78 is 38.1. The maximum atomic E-state index is 12.7. The van der Waals surface area contributed by atoms with E-state index < -0.39 is 11.7 Å². The Balaban J connectivity index is 1.99. The van der Waals surface area contributed by atoms with Gasteiger partial charge in [-0.3, -0.25) is 0 Å². The molecule has 0 spiro atoms. The van der Waals surface area contributed by atoms with Gasteiger partial charge in [-0.05, 0) is 38.1 Å². The summed E-state index contributed by atoms with van der Waals surface area (Å²) in [6.45, 7) is 5.16. The summed E-state index contributed by atoms with van der Waals surface area (Å²) in [5, 5.41) is 8.85. The van der Waals surface area contributed by atoms with E-state index in [1.165, 1.54) is 17.4 Å². The molecule has 3 nitrogen and oxygen atoms in total. The van der Waals surface area contributed by atoms with Crippen molar-refractivity contribution < 1.29 is 13.2 Å². The molecule has 0 radical (unpaired) electrons. The van der Waals surface area contributed by atoms with E-state index in [4.69, 9.17) is 0 Å². The Labute approximate surface area is 137 Å². The highest BCUT2D eigenvalue weighted by Gasteiger charge is 2.30. The number of aromatic nitrogens is 1. The predicted molar refractivity (Wildman–Crippen MR) is 88.3 cm³/mol. The van der Waals surface area contributed by atoms with Crippen LogP contribution in [0.4, 0.5) is 24.0 Å². The third kappa shape index (κ3) is 5.51. The summed E-state index contributed by atoms with van der Waals surface area (Å²) in [6.07, 6.45) is -2.48. The first-order chi connectivity index (χ1) is 10.9. The summed E-state index contributed by atoms with van der Waals surface area (Å²) in [7, 11) is 0. The first kappa shape index (κ1) is 17.7. The zero-order chi connectivity index (χ0) is 16.9. The van der Waals surface area contributed by atoms with Gasteiger partial charge in [-0.15, -0.1) is 11.3 Å². The number of thiazole rings is 1. The lowest BCUT2D eigenvalue weighted by Crippen LogP contribution is -2.28. The molecule has 0 saturated heterocycles. The van der Waals surface area contributed by atoms with E-state index in [9.17, 15) is 13.2 Å². The molecule has 0 saturated carbocycles. The lowest BCUT2D eigenvalue weighted by atomic mass is 10.2. The number of hydrogen-bond acceptors (Lipinski definition) is 4. The molecule has 2 rings (SSSR count). The lowest BCUT2D eigenvalue weighted by molar-refractivity contribution is -0.137. The van der Waals surface area contributed by atoms with E-state index in [2.05, 4.69) is 29.5 Å². The number of alkyl halides is 3. The van der Waals surface area contributed by atoms with Crippen molar-refractivity contribution in [3.63, 3.8) is 0 Å². The quantitative estimate of drug-likeness (QED) is 0.755. The fourth-order valence-corrected chi connectivity index (χ4v) is 2.87. The fraction of sp³-hybridized carbons (Fsp3) is 0.438. The molecule has 1 atom stereocenters. The van der Waals surface area contributed by atoms with Crippen LogP contribution < -0.4 is 10.6 Å². The molecule has 0 amide bonds. The number of halogens is 3. The summed E-state index contributed by atoms with van der Waals surface area (Å²) in [4.78, 5) is 4.43. The molecule has 0 aliphatic carbocycles. The Morgan fingerprint density at radius 3 is 2.78 bits per heavy atom. The highest BCUT2D eigenvalue weighted by Crippen LogP contribution is 2.31. The number of nitrogens with one attached hydrogen (secondary N) is 2. The Kier molecular flexibility index (Phi) is 6.01. The van der Waals surface area contributed by atoms with Crippen molar-refractivity contribution in [3.8, 4) is 0 Å². The van der Waals surface area contributed by atoms with Gasteiger partial charge in [-0.25, -0.2) is 4.98 Å². The van der Waals surface area contributed by atoms with Gasteiger partial charge in [0, 0.05) is 23.5 Å². The second-order valence-electron chi connectivity index (χ2n) is 5.41. The van der Waals surface area contributed by atoms with E-state index in [1.54, 1.807) is 6.07 Å².